The summed E-state index contributed by atoms with van der Waals surface area (Å²) in [5, 5.41) is 0. The first kappa shape index (κ1) is 17.0. The lowest BCUT2D eigenvalue weighted by Crippen LogP contribution is -2.34. The van der Waals surface area contributed by atoms with E-state index in [1.807, 2.05) is 0 Å². The average Bonchev–Trinajstić information content (AvgIpc) is 2.92. The Morgan fingerprint density at radius 3 is 2.91 bits per heavy atom. The van der Waals surface area contributed by atoms with Gasteiger partial charge in [-0.1, -0.05) is 37.3 Å². The minimum atomic E-state index is -0.149. The molecule has 1 fully saturated rings. The molecule has 0 unspecified atom stereocenters. The van der Waals surface area contributed by atoms with E-state index in [0.717, 1.165) is 18.6 Å². The summed E-state index contributed by atoms with van der Waals surface area (Å²) in [6.07, 6.45) is 3.53. The first-order chi connectivity index (χ1) is 10.5. The van der Waals surface area contributed by atoms with E-state index in [2.05, 4.69) is 6.92 Å². The van der Waals surface area contributed by atoms with Crippen LogP contribution in [-0.4, -0.2) is 38.6 Å². The van der Waals surface area contributed by atoms with E-state index in [1.54, 1.807) is 22.6 Å². The number of nitrogens with zero attached hydrogens (tertiary/aromatic N) is 2. The van der Waals surface area contributed by atoms with Gasteiger partial charge in [-0.25, -0.2) is 0 Å². The van der Waals surface area contributed by atoms with Crippen molar-refractivity contribution in [2.24, 2.45) is 0 Å². The number of thioether (sulfide) groups is 1. The van der Waals surface area contributed by atoms with Crippen molar-refractivity contribution in [2.45, 2.75) is 33.2 Å². The minimum absolute atomic E-state index is 0.0544. The highest BCUT2D eigenvalue weighted by Gasteiger charge is 2.24. The summed E-state index contributed by atoms with van der Waals surface area (Å²) in [5.74, 6) is 1.13. The Balaban J connectivity index is 2.14. The van der Waals surface area contributed by atoms with E-state index >= 15 is 0 Å². The predicted octanol–water partition coefficient (Wildman–Crippen LogP) is 2.20. The lowest BCUT2D eigenvalue weighted by atomic mass is 10.3. The van der Waals surface area contributed by atoms with Gasteiger partial charge < -0.3 is 9.30 Å². The highest BCUT2D eigenvalue weighted by Crippen LogP contribution is 2.19. The first-order valence-electron chi connectivity index (χ1n) is 7.34. The molecule has 0 aromatic carbocycles. The molecule has 1 aromatic heterocycles. The van der Waals surface area contributed by atoms with Crippen molar-refractivity contribution in [2.75, 3.05) is 18.9 Å². The molecule has 2 heterocycles. The van der Waals surface area contributed by atoms with Gasteiger partial charge in [-0.2, -0.15) is 0 Å². The molecule has 1 saturated heterocycles. The molecule has 1 aliphatic heterocycles. The van der Waals surface area contributed by atoms with Crippen molar-refractivity contribution < 1.29 is 9.53 Å². The Bertz CT molecular complexity index is 628. The molecule has 5 nitrogen and oxygen atoms in total. The Labute approximate surface area is 139 Å². The molecule has 0 atom stereocenters. The van der Waals surface area contributed by atoms with Crippen LogP contribution in [0.4, 0.5) is 0 Å². The highest BCUT2D eigenvalue weighted by atomic mass is 32.2. The monoisotopic (exact) mass is 340 g/mol. The van der Waals surface area contributed by atoms with Crippen LogP contribution in [0.25, 0.3) is 0 Å². The van der Waals surface area contributed by atoms with Crippen LogP contribution >= 0.6 is 24.0 Å². The molecule has 0 bridgehead atoms. The first-order valence-corrected chi connectivity index (χ1v) is 8.74. The number of rotatable bonds is 6. The van der Waals surface area contributed by atoms with Crippen molar-refractivity contribution >= 4 is 34.2 Å². The Hall–Kier alpha value is -1.34. The summed E-state index contributed by atoms with van der Waals surface area (Å²) in [6, 6.07) is 1.44. The lowest BCUT2D eigenvalue weighted by molar-refractivity contribution is -0.127. The smallest absolute Gasteiger partial charge is 0.247 e. The Kier molecular flexibility index (Phi) is 6.02. The molecular formula is C15H20N2O3S2. The molecule has 0 aliphatic carbocycles. The largest absolute Gasteiger partial charge is 0.488 e. The number of carbonyl (C=O) groups excluding carboxylic acids is 1. The summed E-state index contributed by atoms with van der Waals surface area (Å²) in [6.45, 7) is 5.19. The van der Waals surface area contributed by atoms with Crippen LogP contribution in [0.15, 0.2) is 17.1 Å². The van der Waals surface area contributed by atoms with Gasteiger partial charge in [-0.15, -0.1) is 0 Å². The number of hydrogen-bond donors (Lipinski definition) is 0. The van der Waals surface area contributed by atoms with Crippen LogP contribution in [-0.2, 0) is 11.3 Å². The highest BCUT2D eigenvalue weighted by molar-refractivity contribution is 8.23. The SMILES string of the molecule is CCCCOc1c(C)n(CC(=O)N2CCSC2=S)ccc1=O. The van der Waals surface area contributed by atoms with Crippen LogP contribution in [0.3, 0.4) is 0 Å². The Morgan fingerprint density at radius 1 is 1.50 bits per heavy atom. The summed E-state index contributed by atoms with van der Waals surface area (Å²) in [4.78, 5) is 25.9. The van der Waals surface area contributed by atoms with Gasteiger partial charge >= 0.3 is 0 Å². The van der Waals surface area contributed by atoms with Crippen molar-refractivity contribution in [1.82, 2.24) is 9.47 Å². The van der Waals surface area contributed by atoms with Gasteiger partial charge in [-0.3, -0.25) is 14.5 Å². The van der Waals surface area contributed by atoms with Gasteiger partial charge in [0, 0.05) is 24.6 Å². The number of amides is 1. The standard InChI is InChI=1S/C15H20N2O3S2/c1-3-4-8-20-14-11(2)16(6-5-12(14)18)10-13(19)17-7-9-22-15(17)21/h5-6H,3-4,7-10H2,1-2H3. The fraction of sp³-hybridized carbons (Fsp3) is 0.533. The van der Waals surface area contributed by atoms with Crippen LogP contribution in [0.2, 0.25) is 0 Å². The fourth-order valence-electron chi connectivity index (χ4n) is 2.17. The van der Waals surface area contributed by atoms with E-state index in [0.29, 0.717) is 28.9 Å². The van der Waals surface area contributed by atoms with Gasteiger partial charge in [0.1, 0.15) is 10.9 Å². The molecule has 7 heteroatoms. The van der Waals surface area contributed by atoms with E-state index in [4.69, 9.17) is 17.0 Å². The maximum Gasteiger partial charge on any atom is 0.247 e. The molecule has 1 aromatic rings. The third-order valence-electron chi connectivity index (χ3n) is 3.50. The molecule has 22 heavy (non-hydrogen) atoms. The number of ether oxygens (including phenoxy) is 1. The predicted molar refractivity (Wildman–Crippen MR) is 92.6 cm³/mol. The number of pyridine rings is 1. The minimum Gasteiger partial charge on any atom is -0.488 e. The maximum absolute atomic E-state index is 12.3. The zero-order chi connectivity index (χ0) is 16.1. The third-order valence-corrected chi connectivity index (χ3v) is 4.93. The molecule has 1 aliphatic rings. The van der Waals surface area contributed by atoms with Gasteiger partial charge in [0.2, 0.25) is 11.3 Å². The topological polar surface area (TPSA) is 51.5 Å². The summed E-state index contributed by atoms with van der Waals surface area (Å²) < 4.78 is 7.96. The van der Waals surface area contributed by atoms with Gasteiger partial charge in [0.15, 0.2) is 5.75 Å². The van der Waals surface area contributed by atoms with Gasteiger partial charge in [0.25, 0.3) is 0 Å². The van der Waals surface area contributed by atoms with E-state index < -0.39 is 0 Å². The molecule has 0 saturated carbocycles. The zero-order valence-electron chi connectivity index (χ0n) is 12.8. The number of thiocarbonyl (C=S) groups is 1. The maximum atomic E-state index is 12.3. The summed E-state index contributed by atoms with van der Waals surface area (Å²) in [5.41, 5.74) is 0.527. The second-order valence-electron chi connectivity index (χ2n) is 5.08. The second-order valence-corrected chi connectivity index (χ2v) is 6.81. The third kappa shape index (κ3) is 3.89. The van der Waals surface area contributed by atoms with Crippen LogP contribution < -0.4 is 10.2 Å². The van der Waals surface area contributed by atoms with Crippen LogP contribution in [0.1, 0.15) is 25.5 Å². The second kappa shape index (κ2) is 7.78. The number of unbranched alkanes of at least 4 members (excludes halogenated alkanes) is 1. The van der Waals surface area contributed by atoms with Crippen LogP contribution in [0.5, 0.6) is 5.75 Å². The molecule has 0 spiro atoms. The van der Waals surface area contributed by atoms with Gasteiger partial charge in [0.05, 0.1) is 12.3 Å². The molecule has 0 N–H and O–H groups in total. The van der Waals surface area contributed by atoms with E-state index in [1.165, 1.54) is 17.8 Å². The van der Waals surface area contributed by atoms with Crippen molar-refractivity contribution in [3.63, 3.8) is 0 Å². The van der Waals surface area contributed by atoms with Crippen molar-refractivity contribution in [3.05, 3.63) is 28.2 Å². The number of carbonyl (C=O) groups is 1. The molecular weight excluding hydrogens is 320 g/mol. The fourth-order valence-corrected chi connectivity index (χ4v) is 3.41. The molecule has 1 amide bonds. The number of aromatic nitrogens is 1. The quantitative estimate of drug-likeness (QED) is 0.587. The number of hydrogen-bond acceptors (Lipinski definition) is 5. The average molecular weight is 340 g/mol. The lowest BCUT2D eigenvalue weighted by Gasteiger charge is -2.18. The summed E-state index contributed by atoms with van der Waals surface area (Å²) >= 11 is 6.69. The van der Waals surface area contributed by atoms with Crippen molar-refractivity contribution in [3.8, 4) is 5.75 Å². The van der Waals surface area contributed by atoms with E-state index in [9.17, 15) is 9.59 Å². The Morgan fingerprint density at radius 2 is 2.27 bits per heavy atom. The normalized spacial score (nSPS) is 14.5. The summed E-state index contributed by atoms with van der Waals surface area (Å²) in [7, 11) is 0. The van der Waals surface area contributed by atoms with E-state index in [-0.39, 0.29) is 17.9 Å². The zero-order valence-corrected chi connectivity index (χ0v) is 14.5. The van der Waals surface area contributed by atoms with Crippen molar-refractivity contribution in [1.29, 1.82) is 0 Å². The molecule has 0 radical (unpaired) electrons. The van der Waals surface area contributed by atoms with Gasteiger partial charge in [-0.05, 0) is 13.3 Å². The van der Waals surface area contributed by atoms with Crippen LogP contribution in [0, 0.1) is 6.92 Å². The molecule has 2 rings (SSSR count). The molecule has 120 valence electrons.